The SMILES string of the molecule is CCCCCC(=O)Nc1cccc(C2=NOC3(C2)C[C@@H](C(N)=O)N(C(=O)Cc2ccc([N+](=O)[O-])cc2)C3)c1. The second kappa shape index (κ2) is 11.4. The van der Waals surface area contributed by atoms with Crippen molar-refractivity contribution in [3.63, 3.8) is 0 Å². The number of non-ortho nitro benzene ring substituents is 1. The monoisotopic (exact) mass is 521 g/mol. The fourth-order valence-corrected chi connectivity index (χ4v) is 4.88. The van der Waals surface area contributed by atoms with Gasteiger partial charge in [0.05, 0.1) is 23.6 Å². The van der Waals surface area contributed by atoms with Gasteiger partial charge in [-0.15, -0.1) is 0 Å². The van der Waals surface area contributed by atoms with Gasteiger partial charge in [-0.3, -0.25) is 24.5 Å². The van der Waals surface area contributed by atoms with Gasteiger partial charge < -0.3 is 20.8 Å². The van der Waals surface area contributed by atoms with Gasteiger partial charge in [0, 0.05) is 42.6 Å². The first-order valence-corrected chi connectivity index (χ1v) is 12.7. The predicted molar refractivity (Wildman–Crippen MR) is 140 cm³/mol. The molecule has 1 spiro atoms. The average molecular weight is 522 g/mol. The molecule has 1 saturated heterocycles. The Balaban J connectivity index is 1.42. The van der Waals surface area contributed by atoms with E-state index in [2.05, 4.69) is 17.4 Å². The molecule has 1 fully saturated rings. The number of carbonyl (C=O) groups excluding carboxylic acids is 3. The maximum atomic E-state index is 13.1. The number of nitrogens with one attached hydrogen (secondary N) is 1. The first kappa shape index (κ1) is 26.8. The Morgan fingerprint density at radius 3 is 2.66 bits per heavy atom. The van der Waals surface area contributed by atoms with Crippen LogP contribution in [-0.4, -0.2) is 51.4 Å². The fraction of sp³-hybridized carbons (Fsp3) is 0.407. The summed E-state index contributed by atoms with van der Waals surface area (Å²) in [5.41, 5.74) is 7.36. The summed E-state index contributed by atoms with van der Waals surface area (Å²) in [7, 11) is 0. The number of oxime groups is 1. The van der Waals surface area contributed by atoms with Gasteiger partial charge in [0.25, 0.3) is 5.69 Å². The number of nitrogens with zero attached hydrogens (tertiary/aromatic N) is 3. The van der Waals surface area contributed by atoms with Crippen LogP contribution in [0.1, 0.15) is 56.6 Å². The highest BCUT2D eigenvalue weighted by molar-refractivity contribution is 6.03. The molecule has 4 rings (SSSR count). The van der Waals surface area contributed by atoms with Crippen LogP contribution >= 0.6 is 0 Å². The summed E-state index contributed by atoms with van der Waals surface area (Å²) in [6, 6.07) is 12.2. The van der Waals surface area contributed by atoms with Crippen LogP contribution in [0.15, 0.2) is 53.7 Å². The van der Waals surface area contributed by atoms with E-state index in [4.69, 9.17) is 10.6 Å². The number of carbonyl (C=O) groups is 3. The zero-order valence-corrected chi connectivity index (χ0v) is 21.2. The standard InChI is InChI=1S/C27H31N5O6/c1-2-3-4-8-24(33)29-20-7-5-6-19(14-20)22-15-27(38-30-22)16-23(26(28)35)31(17-27)25(34)13-18-9-11-21(12-10-18)32(36)37/h5-7,9-12,14,23H,2-4,8,13,15-17H2,1H3,(H2,28,35)(H,29,33)/t23-,27?/m0/s1. The van der Waals surface area contributed by atoms with Crippen LogP contribution in [0.2, 0.25) is 0 Å². The summed E-state index contributed by atoms with van der Waals surface area (Å²) in [5, 5.41) is 18.1. The van der Waals surface area contributed by atoms with Gasteiger partial charge in [-0.25, -0.2) is 0 Å². The van der Waals surface area contributed by atoms with Gasteiger partial charge in [0.2, 0.25) is 17.7 Å². The van der Waals surface area contributed by atoms with Gasteiger partial charge in [0.15, 0.2) is 5.60 Å². The van der Waals surface area contributed by atoms with Gasteiger partial charge in [-0.1, -0.05) is 49.2 Å². The van der Waals surface area contributed by atoms with Crippen molar-refractivity contribution in [1.29, 1.82) is 0 Å². The van der Waals surface area contributed by atoms with Gasteiger partial charge >= 0.3 is 0 Å². The molecule has 3 N–H and O–H groups in total. The van der Waals surface area contributed by atoms with Crippen LogP contribution in [0.4, 0.5) is 11.4 Å². The molecule has 2 atom stereocenters. The molecular weight excluding hydrogens is 490 g/mol. The zero-order valence-electron chi connectivity index (χ0n) is 21.2. The van der Waals surface area contributed by atoms with Gasteiger partial charge in [0.1, 0.15) is 6.04 Å². The lowest BCUT2D eigenvalue weighted by atomic mass is 9.91. The summed E-state index contributed by atoms with van der Waals surface area (Å²) in [6.45, 7) is 2.22. The molecule has 2 aliphatic heterocycles. The van der Waals surface area contributed by atoms with Gasteiger partial charge in [-0.2, -0.15) is 0 Å². The summed E-state index contributed by atoms with van der Waals surface area (Å²) >= 11 is 0. The number of unbranched alkanes of at least 4 members (excludes halogenated alkanes) is 2. The van der Waals surface area contributed by atoms with E-state index in [0.29, 0.717) is 29.8 Å². The van der Waals surface area contributed by atoms with E-state index < -0.39 is 22.5 Å². The Kier molecular flexibility index (Phi) is 8.04. The number of nitrogens with two attached hydrogens (primary N) is 1. The van der Waals surface area contributed by atoms with Crippen LogP contribution < -0.4 is 11.1 Å². The Labute approximate surface area is 220 Å². The van der Waals surface area contributed by atoms with Crippen molar-refractivity contribution >= 4 is 34.8 Å². The average Bonchev–Trinajstić information content (AvgIpc) is 3.49. The minimum absolute atomic E-state index is 0.0361. The first-order chi connectivity index (χ1) is 18.2. The topological polar surface area (TPSA) is 157 Å². The smallest absolute Gasteiger partial charge is 0.269 e. The molecule has 11 nitrogen and oxygen atoms in total. The molecule has 0 aliphatic carbocycles. The summed E-state index contributed by atoms with van der Waals surface area (Å²) in [6.07, 6.45) is 3.88. The Bertz CT molecular complexity index is 1260. The number of hydrogen-bond donors (Lipinski definition) is 2. The lowest BCUT2D eigenvalue weighted by Crippen LogP contribution is -2.44. The normalized spacial score (nSPS) is 20.2. The highest BCUT2D eigenvalue weighted by Crippen LogP contribution is 2.39. The number of nitro groups is 1. The van der Waals surface area contributed by atoms with Crippen molar-refractivity contribution in [2.24, 2.45) is 10.9 Å². The van der Waals surface area contributed by atoms with Crippen molar-refractivity contribution in [3.8, 4) is 0 Å². The maximum absolute atomic E-state index is 13.1. The Hall–Kier alpha value is -4.28. The number of amides is 3. The largest absolute Gasteiger partial charge is 0.387 e. The lowest BCUT2D eigenvalue weighted by molar-refractivity contribution is -0.384. The molecule has 3 amide bonds. The first-order valence-electron chi connectivity index (χ1n) is 12.7. The van der Waals surface area contributed by atoms with Gasteiger partial charge in [-0.05, 0) is 24.1 Å². The fourth-order valence-electron chi connectivity index (χ4n) is 4.88. The van der Waals surface area contributed by atoms with Crippen LogP contribution in [0.3, 0.4) is 0 Å². The molecule has 0 radical (unpaired) electrons. The van der Waals surface area contributed by atoms with E-state index in [1.54, 1.807) is 0 Å². The third-order valence-corrected chi connectivity index (χ3v) is 6.88. The van der Waals surface area contributed by atoms with Crippen molar-refractivity contribution in [2.75, 3.05) is 11.9 Å². The second-order valence-corrected chi connectivity index (χ2v) is 9.82. The minimum atomic E-state index is -0.889. The van der Waals surface area contributed by atoms with Crippen LogP contribution in [-0.2, 0) is 25.6 Å². The molecule has 0 saturated carbocycles. The Morgan fingerprint density at radius 1 is 1.21 bits per heavy atom. The van der Waals surface area contributed by atoms with Crippen molar-refractivity contribution in [1.82, 2.24) is 4.90 Å². The molecule has 38 heavy (non-hydrogen) atoms. The van der Waals surface area contributed by atoms with Crippen LogP contribution in [0.25, 0.3) is 0 Å². The third kappa shape index (κ3) is 6.16. The van der Waals surface area contributed by atoms with E-state index in [1.807, 2.05) is 24.3 Å². The molecule has 2 aromatic rings. The molecule has 2 aliphatic rings. The molecule has 11 heteroatoms. The van der Waals surface area contributed by atoms with E-state index in [-0.39, 0.29) is 36.9 Å². The molecule has 0 bridgehead atoms. The summed E-state index contributed by atoms with van der Waals surface area (Å²) < 4.78 is 0. The number of anilines is 1. The molecule has 2 heterocycles. The number of likely N-dealkylation sites (tertiary alicyclic amines) is 1. The molecule has 2 aromatic carbocycles. The molecule has 200 valence electrons. The van der Waals surface area contributed by atoms with Crippen LogP contribution in [0.5, 0.6) is 0 Å². The highest BCUT2D eigenvalue weighted by Gasteiger charge is 2.53. The second-order valence-electron chi connectivity index (χ2n) is 9.82. The van der Waals surface area contributed by atoms with Crippen LogP contribution in [0, 0.1) is 10.1 Å². The number of rotatable bonds is 10. The molecule has 0 aromatic heterocycles. The quantitative estimate of drug-likeness (QED) is 0.277. The van der Waals surface area contributed by atoms with E-state index in [1.165, 1.54) is 29.2 Å². The van der Waals surface area contributed by atoms with E-state index in [0.717, 1.165) is 24.8 Å². The van der Waals surface area contributed by atoms with E-state index >= 15 is 0 Å². The highest BCUT2D eigenvalue weighted by atomic mass is 16.7. The van der Waals surface area contributed by atoms with Crippen molar-refractivity contribution in [3.05, 3.63) is 69.8 Å². The molecular formula is C27H31N5O6. The summed E-state index contributed by atoms with van der Waals surface area (Å²) in [5.74, 6) is -1.01. The maximum Gasteiger partial charge on any atom is 0.269 e. The lowest BCUT2D eigenvalue weighted by Gasteiger charge is -2.23. The number of benzene rings is 2. The number of primary amides is 1. The van der Waals surface area contributed by atoms with E-state index in [9.17, 15) is 24.5 Å². The van der Waals surface area contributed by atoms with Crippen molar-refractivity contribution in [2.45, 2.75) is 63.5 Å². The molecule has 1 unspecified atom stereocenters. The van der Waals surface area contributed by atoms with Crippen molar-refractivity contribution < 1.29 is 24.1 Å². The minimum Gasteiger partial charge on any atom is -0.387 e. The summed E-state index contributed by atoms with van der Waals surface area (Å²) in [4.78, 5) is 55.2. The Morgan fingerprint density at radius 2 is 1.97 bits per heavy atom. The predicted octanol–water partition coefficient (Wildman–Crippen LogP) is 3.31. The number of nitro benzene ring substituents is 1. The third-order valence-electron chi connectivity index (χ3n) is 6.88. The number of hydrogen-bond acceptors (Lipinski definition) is 7. The zero-order chi connectivity index (χ0) is 27.3.